The fourth-order valence-corrected chi connectivity index (χ4v) is 3.60. The molecule has 0 atom stereocenters. The van der Waals surface area contributed by atoms with E-state index in [1.165, 1.54) is 0 Å². The summed E-state index contributed by atoms with van der Waals surface area (Å²) in [4.78, 5) is 4.93. The van der Waals surface area contributed by atoms with E-state index in [1.54, 1.807) is 0 Å². The monoisotopic (exact) mass is 293 g/mol. The maximum atomic E-state index is 2.62. The van der Waals surface area contributed by atoms with Crippen LogP contribution < -0.4 is 0 Å². The first-order valence-electron chi connectivity index (χ1n) is 8.65. The van der Waals surface area contributed by atoms with Crippen molar-refractivity contribution in [2.45, 2.75) is 41.4 Å². The van der Waals surface area contributed by atoms with Crippen molar-refractivity contribution in [3.63, 3.8) is 0 Å². The molecule has 0 N–H and O–H groups in total. The lowest BCUT2D eigenvalue weighted by Crippen LogP contribution is -2.83. The van der Waals surface area contributed by atoms with Crippen molar-refractivity contribution >= 4 is 21.2 Å². The van der Waals surface area contributed by atoms with Crippen LogP contribution in [0.25, 0.3) is 0 Å². The average Bonchev–Trinajstić information content (AvgIpc) is 2.51. The Kier molecular flexibility index (Phi) is 7.78. The molecule has 21 heavy (non-hydrogen) atoms. The molecule has 1 aliphatic heterocycles. The van der Waals surface area contributed by atoms with E-state index in [9.17, 15) is 0 Å². The smallest absolute Gasteiger partial charge is 0.343 e. The molecule has 0 aliphatic carbocycles. The van der Waals surface area contributed by atoms with Crippen molar-refractivity contribution in [2.75, 3.05) is 46.8 Å². The molecule has 5 nitrogen and oxygen atoms in total. The van der Waals surface area contributed by atoms with Crippen LogP contribution in [0.5, 0.6) is 0 Å². The predicted molar refractivity (Wildman–Crippen MR) is 96.9 cm³/mol. The third-order valence-corrected chi connectivity index (χ3v) is 5.03. The topological polar surface area (TPSA) is 16.2 Å². The Balaban J connectivity index is 3.22. The van der Waals surface area contributed by atoms with E-state index in [-0.39, 0.29) is 0 Å². The van der Waals surface area contributed by atoms with Gasteiger partial charge in [0.25, 0.3) is 6.98 Å². The van der Waals surface area contributed by atoms with Crippen LogP contribution in [0.4, 0.5) is 0 Å². The van der Waals surface area contributed by atoms with Crippen LogP contribution in [0.3, 0.4) is 0 Å². The van der Waals surface area contributed by atoms with Gasteiger partial charge in [0.1, 0.15) is 0 Å². The lowest BCUT2D eigenvalue weighted by atomic mass is 9.50. The molecule has 1 fully saturated rings. The zero-order valence-corrected chi connectivity index (χ0v) is 15.5. The van der Waals surface area contributed by atoms with E-state index in [2.05, 4.69) is 79.3 Å². The van der Waals surface area contributed by atoms with E-state index < -0.39 is 0 Å². The van der Waals surface area contributed by atoms with Gasteiger partial charge < -0.3 is 23.8 Å². The van der Waals surface area contributed by atoms with E-state index >= 15 is 0 Å². The van der Waals surface area contributed by atoms with E-state index in [4.69, 9.17) is 0 Å². The highest BCUT2D eigenvalue weighted by Crippen LogP contribution is 2.22. The fraction of sp³-hybridized carbons (Fsp3) is 1.00. The van der Waals surface area contributed by atoms with Crippen molar-refractivity contribution in [3.05, 3.63) is 0 Å². The first kappa shape index (κ1) is 19.0. The van der Waals surface area contributed by atoms with Crippen molar-refractivity contribution < 1.29 is 0 Å². The lowest BCUT2D eigenvalue weighted by molar-refractivity contribution is 0.336. The van der Waals surface area contributed by atoms with Gasteiger partial charge in [-0.05, 0) is 46.8 Å². The van der Waals surface area contributed by atoms with Gasteiger partial charge in [-0.1, -0.05) is 41.4 Å². The molecule has 1 rings (SSSR count). The molecule has 0 aromatic heterocycles. The van der Waals surface area contributed by atoms with Crippen LogP contribution >= 0.6 is 0 Å². The Morgan fingerprint density at radius 1 is 0.667 bits per heavy atom. The van der Waals surface area contributed by atoms with Crippen molar-refractivity contribution in [1.29, 1.82) is 0 Å². The fourth-order valence-electron chi connectivity index (χ4n) is 3.60. The standard InChI is InChI=1S/C13H34B3N5/c1-9-17(7)15-19(11-3)14(6)20(12-4)16(18(8)10-2)21(15)13-5/h9-13H2,1-8H3. The quantitative estimate of drug-likeness (QED) is 0.648. The normalized spacial score (nSPS) is 19.4. The Labute approximate surface area is 134 Å². The summed E-state index contributed by atoms with van der Waals surface area (Å²) in [6.45, 7) is 19.5. The molecule has 0 bridgehead atoms. The molecule has 0 unspecified atom stereocenters. The highest BCUT2D eigenvalue weighted by Gasteiger charge is 2.52. The summed E-state index contributed by atoms with van der Waals surface area (Å²) >= 11 is 0. The molecule has 1 aliphatic rings. The van der Waals surface area contributed by atoms with Crippen LogP contribution in [0.1, 0.15) is 34.6 Å². The molecule has 1 heterocycles. The highest BCUT2D eigenvalue weighted by atomic mass is 15.4. The Hall–Kier alpha value is -0.00519. The number of hydrogen-bond donors (Lipinski definition) is 0. The van der Waals surface area contributed by atoms with Gasteiger partial charge in [0, 0.05) is 0 Å². The van der Waals surface area contributed by atoms with Crippen LogP contribution in [0.2, 0.25) is 6.82 Å². The van der Waals surface area contributed by atoms with Gasteiger partial charge in [-0.2, -0.15) is 0 Å². The minimum Gasteiger partial charge on any atom is -0.343 e. The first-order chi connectivity index (χ1) is 9.98. The number of rotatable bonds is 7. The van der Waals surface area contributed by atoms with Crippen molar-refractivity contribution in [3.8, 4) is 0 Å². The summed E-state index contributed by atoms with van der Waals surface area (Å²) < 4.78 is 7.84. The third kappa shape index (κ3) is 3.67. The molecule has 120 valence electrons. The highest BCUT2D eigenvalue weighted by molar-refractivity contribution is 6.83. The minimum absolute atomic E-state index is 0.377. The molecule has 0 amide bonds. The Morgan fingerprint density at radius 3 is 1.24 bits per heavy atom. The van der Waals surface area contributed by atoms with Gasteiger partial charge in [-0.25, -0.2) is 0 Å². The zero-order chi connectivity index (χ0) is 16.2. The number of nitrogens with zero attached hydrogens (tertiary/aromatic N) is 5. The molecular formula is C13H34B3N5. The molecule has 0 spiro atoms. The largest absolute Gasteiger partial charge is 0.383 e. The van der Waals surface area contributed by atoms with Crippen molar-refractivity contribution in [2.24, 2.45) is 0 Å². The Bertz CT molecular complexity index is 284. The molecule has 0 radical (unpaired) electrons. The van der Waals surface area contributed by atoms with Gasteiger partial charge in [0.05, 0.1) is 0 Å². The minimum atomic E-state index is 0.377. The number of hydrogen-bond acceptors (Lipinski definition) is 5. The van der Waals surface area contributed by atoms with Crippen LogP contribution in [-0.2, 0) is 0 Å². The summed E-state index contributed by atoms with van der Waals surface area (Å²) in [5, 5.41) is 0. The second-order valence-electron chi connectivity index (χ2n) is 5.96. The second kappa shape index (κ2) is 8.58. The lowest BCUT2D eigenvalue weighted by Gasteiger charge is -2.56. The molecular weight excluding hydrogens is 259 g/mol. The summed E-state index contributed by atoms with van der Waals surface area (Å²) in [5.74, 6) is 0. The molecule has 0 saturated carbocycles. The Morgan fingerprint density at radius 2 is 1.00 bits per heavy atom. The van der Waals surface area contributed by atoms with Gasteiger partial charge in [0.15, 0.2) is 0 Å². The van der Waals surface area contributed by atoms with Gasteiger partial charge in [0.2, 0.25) is 0 Å². The molecule has 1 saturated heterocycles. The second-order valence-corrected chi connectivity index (χ2v) is 5.96. The summed E-state index contributed by atoms with van der Waals surface area (Å²) in [7, 11) is 5.24. The predicted octanol–water partition coefficient (Wildman–Crippen LogP) is 0.957. The van der Waals surface area contributed by atoms with E-state index in [0.717, 1.165) is 32.7 Å². The molecule has 8 heteroatoms. The summed E-state index contributed by atoms with van der Waals surface area (Å²) in [6.07, 6.45) is 0. The maximum Gasteiger partial charge on any atom is 0.383 e. The first-order valence-corrected chi connectivity index (χ1v) is 8.65. The van der Waals surface area contributed by atoms with Gasteiger partial charge in [-0.3, -0.25) is 0 Å². The summed E-state index contributed by atoms with van der Waals surface area (Å²) in [6, 6.07) is 0. The van der Waals surface area contributed by atoms with Crippen molar-refractivity contribution in [1.82, 2.24) is 23.8 Å². The van der Waals surface area contributed by atoms with E-state index in [1.807, 2.05) is 0 Å². The van der Waals surface area contributed by atoms with Crippen LogP contribution in [0.15, 0.2) is 0 Å². The van der Waals surface area contributed by atoms with E-state index in [0.29, 0.717) is 21.2 Å². The van der Waals surface area contributed by atoms with Crippen LogP contribution in [-0.4, -0.2) is 91.8 Å². The van der Waals surface area contributed by atoms with Crippen LogP contribution in [0, 0.1) is 0 Å². The third-order valence-electron chi connectivity index (χ3n) is 5.03. The van der Waals surface area contributed by atoms with Gasteiger partial charge >= 0.3 is 14.2 Å². The average molecular weight is 293 g/mol. The summed E-state index contributed by atoms with van der Waals surface area (Å²) in [5.41, 5.74) is 0. The molecule has 0 aromatic carbocycles. The maximum absolute atomic E-state index is 2.62. The van der Waals surface area contributed by atoms with Gasteiger partial charge in [-0.15, -0.1) is 0 Å². The zero-order valence-electron chi connectivity index (χ0n) is 15.5. The SMILES string of the molecule is CCN(C)B1N(CC)B(C)N(CC)B(N(C)CC)N1CC. The molecule has 0 aromatic rings.